The van der Waals surface area contributed by atoms with E-state index in [1.165, 1.54) is 6.42 Å². The van der Waals surface area contributed by atoms with Crippen LogP contribution in [-0.2, 0) is 0 Å². The second kappa shape index (κ2) is 3.72. The van der Waals surface area contributed by atoms with E-state index >= 15 is 0 Å². The van der Waals surface area contributed by atoms with Gasteiger partial charge < -0.3 is 0 Å². The van der Waals surface area contributed by atoms with Crippen LogP contribution in [0.2, 0.25) is 0 Å². The monoisotopic (exact) mass is 160 g/mol. The molecule has 2 atom stereocenters. The van der Waals surface area contributed by atoms with E-state index in [0.29, 0.717) is 5.16 Å². The van der Waals surface area contributed by atoms with Gasteiger partial charge in [-0.1, -0.05) is 41.0 Å². The average Bonchev–Trinajstić information content (AvgIpc) is 1.60. The van der Waals surface area contributed by atoms with Gasteiger partial charge >= 0.3 is 0 Å². The Morgan fingerprint density at radius 1 is 1.30 bits per heavy atom. The van der Waals surface area contributed by atoms with Crippen LogP contribution in [0.3, 0.4) is 0 Å². The smallest absolute Gasteiger partial charge is 0.0176 e. The minimum Gasteiger partial charge on any atom is -0.131 e. The number of hydrogen-bond donors (Lipinski definition) is 0. The molecule has 0 aliphatic carbocycles. The molecule has 0 aliphatic rings. The molecule has 10 heavy (non-hydrogen) atoms. The molecule has 62 valence electrons. The zero-order valence-electron chi connectivity index (χ0n) is 7.94. The quantitative estimate of drug-likeness (QED) is 0.555. The minimum atomic E-state index is 0.406. The van der Waals surface area contributed by atoms with Crippen LogP contribution in [0.15, 0.2) is 0 Å². The second-order valence-corrected chi connectivity index (χ2v) is 5.57. The molecule has 0 nitrogen and oxygen atoms in total. The maximum atomic E-state index is 2.94. The first-order valence-corrected chi connectivity index (χ1v) is 4.76. The van der Waals surface area contributed by atoms with Crippen molar-refractivity contribution < 1.29 is 0 Å². The Morgan fingerprint density at radius 2 is 1.70 bits per heavy atom. The van der Waals surface area contributed by atoms with E-state index in [1.807, 2.05) is 0 Å². The fourth-order valence-corrected chi connectivity index (χ4v) is 2.48. The molecule has 2 unspecified atom stereocenters. The fourth-order valence-electron chi connectivity index (χ4n) is 1.86. The molecule has 1 heteroatoms. The lowest BCUT2D eigenvalue weighted by atomic mass is 9.83. The van der Waals surface area contributed by atoms with Crippen molar-refractivity contribution in [1.29, 1.82) is 0 Å². The maximum Gasteiger partial charge on any atom is -0.0176 e. The van der Waals surface area contributed by atoms with Crippen molar-refractivity contribution in [1.82, 2.24) is 0 Å². The lowest BCUT2D eigenvalue weighted by Gasteiger charge is -2.32. The van der Waals surface area contributed by atoms with Crippen molar-refractivity contribution in [3.8, 4) is 0 Å². The first-order chi connectivity index (χ1) is 4.39. The van der Waals surface area contributed by atoms with Crippen molar-refractivity contribution >= 4 is 9.24 Å². The summed E-state index contributed by atoms with van der Waals surface area (Å²) < 4.78 is 0. The van der Waals surface area contributed by atoms with Gasteiger partial charge in [0.1, 0.15) is 0 Å². The van der Waals surface area contributed by atoms with Gasteiger partial charge in [0.05, 0.1) is 0 Å². The Kier molecular flexibility index (Phi) is 3.88. The summed E-state index contributed by atoms with van der Waals surface area (Å²) in [6, 6.07) is 0. The van der Waals surface area contributed by atoms with Gasteiger partial charge in [-0.05, 0) is 17.0 Å². The highest BCUT2D eigenvalue weighted by molar-refractivity contribution is 7.18. The summed E-state index contributed by atoms with van der Waals surface area (Å²) in [6.45, 7) is 11.5. The van der Waals surface area contributed by atoms with Gasteiger partial charge in [0, 0.05) is 0 Å². The molecule has 0 spiro atoms. The van der Waals surface area contributed by atoms with Gasteiger partial charge in [-0.3, -0.25) is 0 Å². The molecular weight excluding hydrogens is 139 g/mol. The van der Waals surface area contributed by atoms with E-state index in [-0.39, 0.29) is 0 Å². The Balaban J connectivity index is 4.07. The van der Waals surface area contributed by atoms with E-state index < -0.39 is 0 Å². The van der Waals surface area contributed by atoms with Gasteiger partial charge in [0.15, 0.2) is 0 Å². The Morgan fingerprint density at radius 3 is 1.70 bits per heavy atom. The first-order valence-electron chi connectivity index (χ1n) is 4.18. The van der Waals surface area contributed by atoms with Crippen LogP contribution >= 0.6 is 9.24 Å². The molecule has 0 aromatic rings. The summed E-state index contributed by atoms with van der Waals surface area (Å²) in [4.78, 5) is 0. The van der Waals surface area contributed by atoms with Gasteiger partial charge in [0.25, 0.3) is 0 Å². The molecule has 0 aromatic carbocycles. The minimum absolute atomic E-state index is 0.406. The molecule has 0 radical (unpaired) electrons. The third-order valence-corrected chi connectivity index (χ3v) is 2.63. The highest BCUT2D eigenvalue weighted by atomic mass is 31.0. The van der Waals surface area contributed by atoms with Crippen LogP contribution in [0, 0.1) is 11.8 Å². The van der Waals surface area contributed by atoms with Gasteiger partial charge in [-0.25, -0.2) is 0 Å². The van der Waals surface area contributed by atoms with E-state index in [1.54, 1.807) is 0 Å². The van der Waals surface area contributed by atoms with Gasteiger partial charge in [0.2, 0.25) is 0 Å². The van der Waals surface area contributed by atoms with E-state index in [0.717, 1.165) is 11.8 Å². The zero-order chi connectivity index (χ0) is 8.36. The second-order valence-electron chi connectivity index (χ2n) is 4.08. The normalized spacial score (nSPS) is 15.9. The molecule has 0 heterocycles. The summed E-state index contributed by atoms with van der Waals surface area (Å²) in [7, 11) is 2.94. The van der Waals surface area contributed by atoms with Crippen LogP contribution < -0.4 is 0 Å². The number of rotatable bonds is 3. The Labute approximate surface area is 68.0 Å². The SMILES string of the molecule is CCC(C(C)C)C(C)(C)P. The lowest BCUT2D eigenvalue weighted by Crippen LogP contribution is -2.27. The molecule has 0 amide bonds. The number of hydrogen-bond acceptors (Lipinski definition) is 0. The average molecular weight is 160 g/mol. The van der Waals surface area contributed by atoms with Crippen molar-refractivity contribution in [2.24, 2.45) is 11.8 Å². The van der Waals surface area contributed by atoms with E-state index in [2.05, 4.69) is 43.9 Å². The molecule has 0 N–H and O–H groups in total. The van der Waals surface area contributed by atoms with Crippen LogP contribution in [0.5, 0.6) is 0 Å². The molecule has 0 saturated heterocycles. The van der Waals surface area contributed by atoms with Gasteiger partial charge in [-0.15, -0.1) is 9.24 Å². The topological polar surface area (TPSA) is 0 Å². The highest BCUT2D eigenvalue weighted by Crippen LogP contribution is 2.34. The molecule has 0 aliphatic heterocycles. The third kappa shape index (κ3) is 3.01. The third-order valence-electron chi connectivity index (χ3n) is 2.20. The Hall–Kier alpha value is 0.430. The molecule has 0 rings (SSSR count). The molecule has 0 fully saturated rings. The molecule has 0 saturated carbocycles. The lowest BCUT2D eigenvalue weighted by molar-refractivity contribution is 0.307. The van der Waals surface area contributed by atoms with Crippen molar-refractivity contribution in [2.75, 3.05) is 0 Å². The predicted molar refractivity (Wildman–Crippen MR) is 52.4 cm³/mol. The summed E-state index contributed by atoms with van der Waals surface area (Å²) >= 11 is 0. The molecule has 0 aromatic heterocycles. The standard InChI is InChI=1S/C9H21P/c1-6-8(7(2)3)9(4,5)10/h7-8H,6,10H2,1-5H3. The van der Waals surface area contributed by atoms with Crippen LogP contribution in [-0.4, -0.2) is 5.16 Å². The predicted octanol–water partition coefficient (Wildman–Crippen LogP) is 3.32. The van der Waals surface area contributed by atoms with Gasteiger partial charge in [-0.2, -0.15) is 0 Å². The summed E-state index contributed by atoms with van der Waals surface area (Å²) in [5, 5.41) is 0.406. The van der Waals surface area contributed by atoms with Crippen LogP contribution in [0.4, 0.5) is 0 Å². The Bertz CT molecular complexity index is 89.4. The van der Waals surface area contributed by atoms with Crippen LogP contribution in [0.25, 0.3) is 0 Å². The first kappa shape index (κ1) is 10.4. The van der Waals surface area contributed by atoms with Crippen molar-refractivity contribution in [2.45, 2.75) is 46.2 Å². The maximum absolute atomic E-state index is 2.94. The summed E-state index contributed by atoms with van der Waals surface area (Å²) in [6.07, 6.45) is 1.29. The van der Waals surface area contributed by atoms with Crippen LogP contribution in [0.1, 0.15) is 41.0 Å². The molecular formula is C9H21P. The summed E-state index contributed by atoms with van der Waals surface area (Å²) in [5.74, 6) is 1.63. The van der Waals surface area contributed by atoms with Crippen molar-refractivity contribution in [3.63, 3.8) is 0 Å². The fraction of sp³-hybridized carbons (Fsp3) is 1.00. The zero-order valence-corrected chi connectivity index (χ0v) is 9.09. The van der Waals surface area contributed by atoms with E-state index in [9.17, 15) is 0 Å². The largest absolute Gasteiger partial charge is 0.131 e. The highest BCUT2D eigenvalue weighted by Gasteiger charge is 2.25. The molecule has 0 bridgehead atoms. The summed E-state index contributed by atoms with van der Waals surface area (Å²) in [5.41, 5.74) is 0. The van der Waals surface area contributed by atoms with Crippen molar-refractivity contribution in [3.05, 3.63) is 0 Å². The van der Waals surface area contributed by atoms with E-state index in [4.69, 9.17) is 0 Å².